The first-order valence-electron chi connectivity index (χ1n) is 10.4. The van der Waals surface area contributed by atoms with Gasteiger partial charge in [-0.1, -0.05) is 19.1 Å². The van der Waals surface area contributed by atoms with Crippen molar-refractivity contribution in [2.75, 3.05) is 20.1 Å². The summed E-state index contributed by atoms with van der Waals surface area (Å²) in [6, 6.07) is 7.55. The van der Waals surface area contributed by atoms with Gasteiger partial charge in [0, 0.05) is 38.8 Å². The SMILES string of the molecule is CCC(C)NC(=O)CN(C)C(=O)c1cc2n(n1)CCCN(Cc1ccc(F)cc1)C2=O. The minimum Gasteiger partial charge on any atom is -0.352 e. The largest absolute Gasteiger partial charge is 0.352 e. The van der Waals surface area contributed by atoms with Gasteiger partial charge in [0.1, 0.15) is 11.5 Å². The number of halogens is 1. The topological polar surface area (TPSA) is 87.5 Å². The van der Waals surface area contributed by atoms with E-state index in [1.165, 1.54) is 30.1 Å². The highest BCUT2D eigenvalue weighted by Crippen LogP contribution is 2.17. The van der Waals surface area contributed by atoms with E-state index in [9.17, 15) is 18.8 Å². The zero-order valence-electron chi connectivity index (χ0n) is 18.1. The number of rotatable bonds is 7. The minimum absolute atomic E-state index is 0.0318. The van der Waals surface area contributed by atoms with Crippen molar-refractivity contribution in [2.45, 2.75) is 45.8 Å². The summed E-state index contributed by atoms with van der Waals surface area (Å²) in [6.07, 6.45) is 1.48. The third-order valence-corrected chi connectivity index (χ3v) is 5.34. The number of amides is 3. The van der Waals surface area contributed by atoms with Crippen LogP contribution >= 0.6 is 0 Å². The van der Waals surface area contributed by atoms with Crippen LogP contribution in [0.25, 0.3) is 0 Å². The fourth-order valence-corrected chi connectivity index (χ4v) is 3.41. The molecule has 0 bridgehead atoms. The molecule has 9 heteroatoms. The lowest BCUT2D eigenvalue weighted by atomic mass is 10.2. The predicted molar refractivity (Wildman–Crippen MR) is 113 cm³/mol. The van der Waals surface area contributed by atoms with E-state index in [2.05, 4.69) is 10.4 Å². The van der Waals surface area contributed by atoms with Crippen molar-refractivity contribution in [2.24, 2.45) is 0 Å². The van der Waals surface area contributed by atoms with E-state index in [1.807, 2.05) is 13.8 Å². The smallest absolute Gasteiger partial charge is 0.274 e. The van der Waals surface area contributed by atoms with Gasteiger partial charge in [-0.05, 0) is 37.5 Å². The molecule has 1 aliphatic heterocycles. The Morgan fingerprint density at radius 3 is 2.65 bits per heavy atom. The van der Waals surface area contributed by atoms with Crippen molar-refractivity contribution in [3.8, 4) is 0 Å². The number of fused-ring (bicyclic) bond motifs is 1. The van der Waals surface area contributed by atoms with Gasteiger partial charge in [-0.3, -0.25) is 19.1 Å². The quantitative estimate of drug-likeness (QED) is 0.730. The molecule has 3 amide bonds. The van der Waals surface area contributed by atoms with Crippen LogP contribution in [0.2, 0.25) is 0 Å². The fourth-order valence-electron chi connectivity index (χ4n) is 3.41. The molecular weight excluding hydrogens is 401 g/mol. The van der Waals surface area contributed by atoms with Crippen molar-refractivity contribution in [3.63, 3.8) is 0 Å². The Morgan fingerprint density at radius 1 is 1.26 bits per heavy atom. The van der Waals surface area contributed by atoms with E-state index in [4.69, 9.17) is 0 Å². The summed E-state index contributed by atoms with van der Waals surface area (Å²) < 4.78 is 14.7. The second-order valence-corrected chi connectivity index (χ2v) is 7.88. The van der Waals surface area contributed by atoms with Gasteiger partial charge >= 0.3 is 0 Å². The molecule has 3 rings (SSSR count). The van der Waals surface area contributed by atoms with E-state index in [0.717, 1.165) is 12.0 Å². The highest BCUT2D eigenvalue weighted by atomic mass is 19.1. The molecule has 166 valence electrons. The Labute approximate surface area is 181 Å². The van der Waals surface area contributed by atoms with Crippen LogP contribution in [0, 0.1) is 5.82 Å². The number of likely N-dealkylation sites (N-methyl/N-ethyl adjacent to an activating group) is 1. The normalized spacial score (nSPS) is 14.6. The first-order chi connectivity index (χ1) is 14.8. The number of nitrogens with zero attached hydrogens (tertiary/aromatic N) is 4. The summed E-state index contributed by atoms with van der Waals surface area (Å²) in [4.78, 5) is 40.8. The van der Waals surface area contributed by atoms with Crippen molar-refractivity contribution in [3.05, 3.63) is 53.1 Å². The second-order valence-electron chi connectivity index (χ2n) is 7.88. The molecule has 1 unspecified atom stereocenters. The van der Waals surface area contributed by atoms with Gasteiger partial charge < -0.3 is 15.1 Å². The number of carbonyl (C=O) groups excluding carboxylic acids is 3. The Balaban J connectivity index is 1.70. The van der Waals surface area contributed by atoms with Crippen LogP contribution in [-0.4, -0.2) is 63.5 Å². The van der Waals surface area contributed by atoms with Crippen molar-refractivity contribution in [1.82, 2.24) is 24.9 Å². The maximum atomic E-state index is 13.2. The summed E-state index contributed by atoms with van der Waals surface area (Å²) in [7, 11) is 1.53. The Morgan fingerprint density at radius 2 is 1.97 bits per heavy atom. The van der Waals surface area contributed by atoms with Crippen LogP contribution in [0.1, 0.15) is 53.2 Å². The third kappa shape index (κ3) is 5.48. The van der Waals surface area contributed by atoms with E-state index in [0.29, 0.717) is 31.7 Å². The molecule has 31 heavy (non-hydrogen) atoms. The van der Waals surface area contributed by atoms with E-state index in [-0.39, 0.29) is 35.9 Å². The Hall–Kier alpha value is -3.23. The highest BCUT2D eigenvalue weighted by molar-refractivity contribution is 5.99. The van der Waals surface area contributed by atoms with Gasteiger partial charge in [-0.2, -0.15) is 5.10 Å². The van der Waals surface area contributed by atoms with E-state index >= 15 is 0 Å². The molecule has 0 spiro atoms. The molecule has 2 heterocycles. The lowest BCUT2D eigenvalue weighted by Crippen LogP contribution is -2.41. The Kier molecular flexibility index (Phi) is 7.04. The molecule has 1 atom stereocenters. The average Bonchev–Trinajstić information content (AvgIpc) is 3.11. The zero-order chi connectivity index (χ0) is 22.5. The van der Waals surface area contributed by atoms with Crippen LogP contribution in [0.4, 0.5) is 4.39 Å². The molecule has 1 aromatic heterocycles. The van der Waals surface area contributed by atoms with Crippen molar-refractivity contribution in [1.29, 1.82) is 0 Å². The molecule has 1 aromatic carbocycles. The number of carbonyl (C=O) groups is 3. The third-order valence-electron chi connectivity index (χ3n) is 5.34. The number of benzene rings is 1. The number of aryl methyl sites for hydroxylation is 1. The van der Waals surface area contributed by atoms with Crippen molar-refractivity contribution < 1.29 is 18.8 Å². The fraction of sp³-hybridized carbons (Fsp3) is 0.455. The van der Waals surface area contributed by atoms with Gasteiger partial charge in [0.2, 0.25) is 5.91 Å². The summed E-state index contributed by atoms with van der Waals surface area (Å²) in [5.74, 6) is -1.22. The number of nitrogens with one attached hydrogen (secondary N) is 1. The maximum Gasteiger partial charge on any atom is 0.274 e. The summed E-state index contributed by atoms with van der Waals surface area (Å²) in [5.41, 5.74) is 1.29. The molecule has 8 nitrogen and oxygen atoms in total. The monoisotopic (exact) mass is 429 g/mol. The summed E-state index contributed by atoms with van der Waals surface area (Å²) >= 11 is 0. The average molecular weight is 429 g/mol. The van der Waals surface area contributed by atoms with Gasteiger partial charge in [0.25, 0.3) is 11.8 Å². The van der Waals surface area contributed by atoms with E-state index < -0.39 is 5.91 Å². The minimum atomic E-state index is -0.419. The van der Waals surface area contributed by atoms with Crippen LogP contribution in [-0.2, 0) is 17.9 Å². The molecule has 0 aliphatic carbocycles. The maximum absolute atomic E-state index is 13.2. The van der Waals surface area contributed by atoms with Gasteiger partial charge in [-0.25, -0.2) is 4.39 Å². The molecule has 1 N–H and O–H groups in total. The molecule has 2 aromatic rings. The van der Waals surface area contributed by atoms with Crippen LogP contribution in [0.5, 0.6) is 0 Å². The number of hydrogen-bond donors (Lipinski definition) is 1. The summed E-state index contributed by atoms with van der Waals surface area (Å²) in [6.45, 7) is 5.17. The highest BCUT2D eigenvalue weighted by Gasteiger charge is 2.27. The van der Waals surface area contributed by atoms with Crippen LogP contribution in [0.15, 0.2) is 30.3 Å². The van der Waals surface area contributed by atoms with Crippen molar-refractivity contribution >= 4 is 17.7 Å². The lowest BCUT2D eigenvalue weighted by Gasteiger charge is -2.20. The van der Waals surface area contributed by atoms with Crippen LogP contribution in [0.3, 0.4) is 0 Å². The predicted octanol–water partition coefficient (Wildman–Crippen LogP) is 2.05. The Bertz CT molecular complexity index is 957. The first-order valence-corrected chi connectivity index (χ1v) is 10.4. The molecule has 0 saturated heterocycles. The van der Waals surface area contributed by atoms with Gasteiger partial charge in [0.05, 0.1) is 6.54 Å². The molecular formula is C22H28FN5O3. The first kappa shape index (κ1) is 22.5. The number of hydrogen-bond acceptors (Lipinski definition) is 4. The summed E-state index contributed by atoms with van der Waals surface area (Å²) in [5, 5.41) is 7.14. The van der Waals surface area contributed by atoms with Gasteiger partial charge in [-0.15, -0.1) is 0 Å². The van der Waals surface area contributed by atoms with Gasteiger partial charge in [0.15, 0.2) is 5.69 Å². The van der Waals surface area contributed by atoms with Crippen LogP contribution < -0.4 is 5.32 Å². The molecule has 0 radical (unpaired) electrons. The molecule has 1 aliphatic rings. The van der Waals surface area contributed by atoms with E-state index in [1.54, 1.807) is 21.7 Å². The standard InChI is InChI=1S/C22H28FN5O3/c1-4-15(2)24-20(29)14-26(3)21(30)18-12-19-22(31)27(10-5-11-28(19)25-18)13-16-6-8-17(23)9-7-16/h6-9,12,15H,4-5,10-11,13-14H2,1-3H3,(H,24,29). The lowest BCUT2D eigenvalue weighted by molar-refractivity contribution is -0.122. The zero-order valence-corrected chi connectivity index (χ0v) is 18.1. The molecule has 0 saturated carbocycles. The second kappa shape index (κ2) is 9.72. The number of aromatic nitrogens is 2. The molecule has 0 fully saturated rings.